The molecule has 0 radical (unpaired) electrons. The van der Waals surface area contributed by atoms with Gasteiger partial charge in [-0.05, 0) is 0 Å². The zero-order valence-electron chi connectivity index (χ0n) is 9.51. The van der Waals surface area contributed by atoms with Gasteiger partial charge in [0.2, 0.25) is 0 Å². The Morgan fingerprint density at radius 2 is 1.10 bits per heavy atom. The number of halogens is 12. The van der Waals surface area contributed by atoms with Crippen LogP contribution in [0.2, 0.25) is 0 Å². The maximum absolute atomic E-state index is 12.7. The summed E-state index contributed by atoms with van der Waals surface area (Å²) in [5.74, 6) is -24.1. The zero-order chi connectivity index (χ0) is 17.3. The third kappa shape index (κ3) is 4.07. The molecule has 0 rings (SSSR count). The molecule has 0 aliphatic rings. The molecule has 0 unspecified atom stereocenters. The van der Waals surface area contributed by atoms with Crippen molar-refractivity contribution in [3.05, 3.63) is 0 Å². The van der Waals surface area contributed by atoms with Crippen molar-refractivity contribution in [3.63, 3.8) is 0 Å². The first-order valence-electron chi connectivity index (χ1n) is 4.75. The van der Waals surface area contributed by atoms with E-state index >= 15 is 0 Å². The molecule has 0 aromatic heterocycles. The molecule has 1 nitrogen and oxygen atoms in total. The van der Waals surface area contributed by atoms with E-state index in [-0.39, 0.29) is 0 Å². The summed E-state index contributed by atoms with van der Waals surface area (Å²) in [7, 11) is 0. The summed E-state index contributed by atoms with van der Waals surface area (Å²) >= 11 is 0. The van der Waals surface area contributed by atoms with Crippen LogP contribution in [0.5, 0.6) is 0 Å². The quantitative estimate of drug-likeness (QED) is 0.602. The van der Waals surface area contributed by atoms with Gasteiger partial charge in [-0.2, -0.15) is 35.1 Å². The summed E-state index contributed by atoms with van der Waals surface area (Å²) < 4.78 is 149. The molecule has 0 spiro atoms. The van der Waals surface area contributed by atoms with Crippen molar-refractivity contribution in [2.24, 2.45) is 0 Å². The normalized spacial score (nSPS) is 15.1. The minimum atomic E-state index is -6.64. The summed E-state index contributed by atoms with van der Waals surface area (Å²) in [6.07, 6.45) is -9.57. The highest BCUT2D eigenvalue weighted by molar-refractivity contribution is 4.97. The van der Waals surface area contributed by atoms with Crippen LogP contribution in [-0.2, 0) is 4.74 Å². The standard InChI is InChI=1S/C8H6F12O/c9-3(10)5(13,14)1-21-2-6(15,16)8(19,20)7(17,18)4(11)12/h3-4H,1-2H2. The van der Waals surface area contributed by atoms with Gasteiger partial charge in [-0.3, -0.25) is 0 Å². The Bertz CT molecular complexity index is 338. The lowest BCUT2D eigenvalue weighted by molar-refractivity contribution is -0.348. The second-order valence-electron chi connectivity index (χ2n) is 3.76. The molecule has 0 bridgehead atoms. The molecular formula is C8H6F12O. The molecule has 13 heteroatoms. The fourth-order valence-corrected chi connectivity index (χ4v) is 0.850. The van der Waals surface area contributed by atoms with E-state index < -0.39 is 49.8 Å². The second-order valence-corrected chi connectivity index (χ2v) is 3.76. The molecule has 0 heterocycles. The topological polar surface area (TPSA) is 9.23 Å². The summed E-state index contributed by atoms with van der Waals surface area (Å²) in [5, 5.41) is 0. The first-order valence-corrected chi connectivity index (χ1v) is 4.75. The van der Waals surface area contributed by atoms with Crippen LogP contribution in [0.3, 0.4) is 0 Å². The van der Waals surface area contributed by atoms with E-state index in [2.05, 4.69) is 4.74 Å². The van der Waals surface area contributed by atoms with Gasteiger partial charge in [-0.15, -0.1) is 0 Å². The van der Waals surface area contributed by atoms with Gasteiger partial charge in [0.15, 0.2) is 0 Å². The van der Waals surface area contributed by atoms with Crippen molar-refractivity contribution in [1.82, 2.24) is 0 Å². The number of hydrogen-bond acceptors (Lipinski definition) is 1. The van der Waals surface area contributed by atoms with Gasteiger partial charge in [-0.25, -0.2) is 17.6 Å². The van der Waals surface area contributed by atoms with Gasteiger partial charge in [-0.1, -0.05) is 0 Å². The van der Waals surface area contributed by atoms with Crippen LogP contribution in [0.15, 0.2) is 0 Å². The SMILES string of the molecule is FC(F)C(F)(F)COCC(F)(F)C(F)(F)C(F)(F)C(F)F. The van der Waals surface area contributed by atoms with Crippen LogP contribution in [-0.4, -0.2) is 49.8 Å². The number of hydrogen-bond donors (Lipinski definition) is 0. The molecule has 21 heavy (non-hydrogen) atoms. The first-order chi connectivity index (χ1) is 9.09. The van der Waals surface area contributed by atoms with Crippen molar-refractivity contribution in [3.8, 4) is 0 Å². The third-order valence-corrected chi connectivity index (χ3v) is 2.05. The molecule has 0 aromatic rings. The Morgan fingerprint density at radius 3 is 1.43 bits per heavy atom. The largest absolute Gasteiger partial charge is 0.380 e. The molecule has 0 aliphatic heterocycles. The summed E-state index contributed by atoms with van der Waals surface area (Å²) in [5.41, 5.74) is 0. The van der Waals surface area contributed by atoms with Crippen molar-refractivity contribution >= 4 is 0 Å². The highest BCUT2D eigenvalue weighted by Crippen LogP contribution is 2.48. The molecule has 0 amide bonds. The van der Waals surface area contributed by atoms with Crippen LogP contribution in [0.4, 0.5) is 52.7 Å². The van der Waals surface area contributed by atoms with E-state index in [1.807, 2.05) is 0 Å². The van der Waals surface area contributed by atoms with Gasteiger partial charge < -0.3 is 4.74 Å². The zero-order valence-corrected chi connectivity index (χ0v) is 9.51. The molecule has 0 atom stereocenters. The Kier molecular flexibility index (Phi) is 5.83. The van der Waals surface area contributed by atoms with Gasteiger partial charge in [0.05, 0.1) is 0 Å². The smallest absolute Gasteiger partial charge is 0.368 e. The van der Waals surface area contributed by atoms with Crippen molar-refractivity contribution in [1.29, 1.82) is 0 Å². The van der Waals surface area contributed by atoms with Crippen LogP contribution in [0.25, 0.3) is 0 Å². The lowest BCUT2D eigenvalue weighted by Crippen LogP contribution is -2.59. The van der Waals surface area contributed by atoms with E-state index in [1.54, 1.807) is 0 Å². The van der Waals surface area contributed by atoms with Crippen molar-refractivity contribution in [2.45, 2.75) is 36.5 Å². The maximum atomic E-state index is 12.7. The molecule has 0 saturated heterocycles. The molecular weight excluding hydrogens is 340 g/mol. The monoisotopic (exact) mass is 346 g/mol. The summed E-state index contributed by atoms with van der Waals surface area (Å²) in [6.45, 7) is -5.37. The fourth-order valence-electron chi connectivity index (χ4n) is 0.850. The van der Waals surface area contributed by atoms with E-state index in [9.17, 15) is 52.7 Å². The van der Waals surface area contributed by atoms with Crippen LogP contribution < -0.4 is 0 Å². The van der Waals surface area contributed by atoms with E-state index in [1.165, 1.54) is 0 Å². The number of alkyl halides is 12. The Morgan fingerprint density at radius 1 is 0.667 bits per heavy atom. The van der Waals surface area contributed by atoms with Crippen molar-refractivity contribution in [2.75, 3.05) is 13.2 Å². The average Bonchev–Trinajstić information content (AvgIpc) is 2.27. The summed E-state index contributed by atoms with van der Waals surface area (Å²) in [6, 6.07) is 0. The number of rotatable bonds is 8. The van der Waals surface area contributed by atoms with Gasteiger partial charge in [0, 0.05) is 0 Å². The molecule has 128 valence electrons. The second kappa shape index (κ2) is 6.08. The number of ether oxygens (including phenoxy) is 1. The van der Waals surface area contributed by atoms with Crippen molar-refractivity contribution < 1.29 is 57.4 Å². The lowest BCUT2D eigenvalue weighted by atomic mass is 10.1. The predicted octanol–water partition coefficient (Wildman–Crippen LogP) is 4.07. The van der Waals surface area contributed by atoms with E-state index in [0.717, 1.165) is 0 Å². The third-order valence-electron chi connectivity index (χ3n) is 2.05. The Balaban J connectivity index is 4.91. The van der Waals surface area contributed by atoms with Gasteiger partial charge in [0.1, 0.15) is 13.2 Å². The maximum Gasteiger partial charge on any atom is 0.380 e. The van der Waals surface area contributed by atoms with Crippen LogP contribution in [0.1, 0.15) is 0 Å². The fraction of sp³-hybridized carbons (Fsp3) is 1.00. The molecule has 0 aromatic carbocycles. The Labute approximate surface area is 108 Å². The van der Waals surface area contributed by atoms with Gasteiger partial charge in [0.25, 0.3) is 0 Å². The molecule has 0 fully saturated rings. The minimum Gasteiger partial charge on any atom is -0.368 e. The molecule has 0 aliphatic carbocycles. The highest BCUT2D eigenvalue weighted by Gasteiger charge is 2.75. The highest BCUT2D eigenvalue weighted by atomic mass is 19.4. The first kappa shape index (κ1) is 20.1. The summed E-state index contributed by atoms with van der Waals surface area (Å²) in [4.78, 5) is 0. The van der Waals surface area contributed by atoms with Gasteiger partial charge >= 0.3 is 36.5 Å². The predicted molar refractivity (Wildman–Crippen MR) is 42.6 cm³/mol. The van der Waals surface area contributed by atoms with E-state index in [4.69, 9.17) is 0 Å². The van der Waals surface area contributed by atoms with Crippen LogP contribution in [0, 0.1) is 0 Å². The van der Waals surface area contributed by atoms with E-state index in [0.29, 0.717) is 0 Å². The Hall–Kier alpha value is -0.880. The van der Waals surface area contributed by atoms with Crippen LogP contribution >= 0.6 is 0 Å². The lowest BCUT2D eigenvalue weighted by Gasteiger charge is -2.32. The molecule has 0 saturated carbocycles. The average molecular weight is 346 g/mol. The molecule has 0 N–H and O–H groups in total. The minimum absolute atomic E-state index is 2.49.